The van der Waals surface area contributed by atoms with Crippen LogP contribution in [0, 0.1) is 0 Å². The maximum absolute atomic E-state index is 12.6. The lowest BCUT2D eigenvalue weighted by Crippen LogP contribution is -2.21. The molecule has 1 aliphatic heterocycles. The summed E-state index contributed by atoms with van der Waals surface area (Å²) in [6, 6.07) is 22.0. The molecule has 1 heterocycles. The smallest absolute Gasteiger partial charge is 0.411 e. The van der Waals surface area contributed by atoms with E-state index >= 15 is 0 Å². The molecule has 0 spiro atoms. The number of carbonyl (C=O) groups excluding carboxylic acids is 1. The fourth-order valence-electron chi connectivity index (χ4n) is 2.95. The summed E-state index contributed by atoms with van der Waals surface area (Å²) in [5.41, 5.74) is 2.44. The van der Waals surface area contributed by atoms with E-state index in [1.807, 2.05) is 60.7 Å². The second-order valence-electron chi connectivity index (χ2n) is 6.23. The van der Waals surface area contributed by atoms with Gasteiger partial charge in [-0.1, -0.05) is 48.5 Å². The van der Waals surface area contributed by atoms with Crippen LogP contribution in [0.2, 0.25) is 0 Å². The summed E-state index contributed by atoms with van der Waals surface area (Å²) in [4.78, 5) is 29.0. The fraction of sp³-hybridized carbons (Fsp3) is 0.0909. The summed E-state index contributed by atoms with van der Waals surface area (Å²) >= 11 is 0. The molecule has 2 aromatic rings. The second kappa shape index (κ2) is 7.93. The minimum atomic E-state index is -0.683. The average molecular weight is 386 g/mol. The second-order valence-corrected chi connectivity index (χ2v) is 6.23. The number of para-hydroxylation sites is 1. The van der Waals surface area contributed by atoms with E-state index in [9.17, 15) is 9.59 Å². The Bertz CT molecular complexity index is 1170. The maximum atomic E-state index is 12.6. The zero-order chi connectivity index (χ0) is 20.2. The largest absolute Gasteiger partial charge is 0.450 e. The van der Waals surface area contributed by atoms with Crippen LogP contribution in [0.25, 0.3) is 28.5 Å². The number of hydrogen-bond donors (Lipinski definition) is 1. The molecule has 144 valence electrons. The zero-order valence-electron chi connectivity index (χ0n) is 15.7. The van der Waals surface area contributed by atoms with Crippen molar-refractivity contribution in [2.75, 3.05) is 11.9 Å². The van der Waals surface area contributed by atoms with Crippen molar-refractivity contribution in [3.63, 3.8) is 0 Å². The predicted molar refractivity (Wildman–Crippen MR) is 110 cm³/mol. The van der Waals surface area contributed by atoms with Gasteiger partial charge in [-0.3, -0.25) is 10.1 Å². The summed E-state index contributed by atoms with van der Waals surface area (Å²) in [6.07, 6.45) is -0.683. The molecule has 29 heavy (non-hydrogen) atoms. The molecule has 1 N–H and O–H groups in total. The molecule has 1 amide bonds. The van der Waals surface area contributed by atoms with Gasteiger partial charge in [-0.2, -0.15) is 0 Å². The van der Waals surface area contributed by atoms with Gasteiger partial charge >= 0.3 is 6.09 Å². The molecule has 0 saturated heterocycles. The van der Waals surface area contributed by atoms with E-state index in [-0.39, 0.29) is 17.7 Å². The van der Waals surface area contributed by atoms with Gasteiger partial charge in [0.2, 0.25) is 5.43 Å². The van der Waals surface area contributed by atoms with Crippen LogP contribution in [0.4, 0.5) is 10.5 Å². The number of rotatable bonds is 4. The van der Waals surface area contributed by atoms with Crippen LogP contribution >= 0.6 is 0 Å². The van der Waals surface area contributed by atoms with E-state index < -0.39 is 6.09 Å². The van der Waals surface area contributed by atoms with Crippen LogP contribution < -0.4 is 10.7 Å². The lowest BCUT2D eigenvalue weighted by molar-refractivity contribution is 0.168. The SMILES string of the molecule is CCOC(=O)Nc1cc2nc(-c3ccccc3)nn(-c3ccccc3)c-2cc1=O. The van der Waals surface area contributed by atoms with E-state index in [1.165, 1.54) is 6.07 Å². The zero-order valence-corrected chi connectivity index (χ0v) is 15.7. The van der Waals surface area contributed by atoms with E-state index in [1.54, 1.807) is 17.7 Å². The van der Waals surface area contributed by atoms with Crippen molar-refractivity contribution in [2.45, 2.75) is 6.92 Å². The van der Waals surface area contributed by atoms with Crippen LogP contribution in [0.15, 0.2) is 77.6 Å². The van der Waals surface area contributed by atoms with E-state index in [0.717, 1.165) is 11.3 Å². The number of carbonyl (C=O) groups is 1. The first-order valence-corrected chi connectivity index (χ1v) is 9.15. The first kappa shape index (κ1) is 18.4. The quantitative estimate of drug-likeness (QED) is 0.574. The normalized spacial score (nSPS) is 10.7. The Balaban J connectivity index is 1.92. The predicted octanol–water partition coefficient (Wildman–Crippen LogP) is 3.97. The van der Waals surface area contributed by atoms with Gasteiger partial charge in [0.1, 0.15) is 0 Å². The highest BCUT2D eigenvalue weighted by Gasteiger charge is 2.18. The Morgan fingerprint density at radius 1 is 1.03 bits per heavy atom. The summed E-state index contributed by atoms with van der Waals surface area (Å²) in [5.74, 6) is 0.502. The third kappa shape index (κ3) is 3.84. The lowest BCUT2D eigenvalue weighted by atomic mass is 10.1. The van der Waals surface area contributed by atoms with Gasteiger partial charge in [0.15, 0.2) is 5.82 Å². The monoisotopic (exact) mass is 386 g/mol. The molecule has 2 aromatic carbocycles. The third-order valence-electron chi connectivity index (χ3n) is 4.27. The Morgan fingerprint density at radius 3 is 2.41 bits per heavy atom. The molecular weight excluding hydrogens is 368 g/mol. The number of benzene rings is 3. The Kier molecular flexibility index (Phi) is 5.03. The van der Waals surface area contributed by atoms with Crippen molar-refractivity contribution < 1.29 is 9.53 Å². The van der Waals surface area contributed by atoms with Crippen LogP contribution in [-0.2, 0) is 4.74 Å². The number of fused-ring (bicyclic) bond motifs is 1. The van der Waals surface area contributed by atoms with Crippen molar-refractivity contribution in [3.8, 4) is 28.5 Å². The average Bonchev–Trinajstić information content (AvgIpc) is 2.75. The number of ether oxygens (including phenoxy) is 1. The Morgan fingerprint density at radius 2 is 1.72 bits per heavy atom. The highest BCUT2D eigenvalue weighted by Crippen LogP contribution is 2.26. The molecule has 0 atom stereocenters. The molecule has 0 saturated carbocycles. The standard InChI is InChI=1S/C22H18N4O3/c1-2-29-22(28)24-18-13-17-19(14-20(18)27)26(16-11-7-4-8-12-16)25-21(23-17)15-9-5-3-6-10-15/h3-14H,2H2,1H3,(H,24,28). The number of anilines is 1. The van der Waals surface area contributed by atoms with Crippen molar-refractivity contribution in [1.29, 1.82) is 0 Å². The highest BCUT2D eigenvalue weighted by molar-refractivity contribution is 5.86. The van der Waals surface area contributed by atoms with Crippen LogP contribution in [0.5, 0.6) is 0 Å². The van der Waals surface area contributed by atoms with Crippen LogP contribution in [-0.4, -0.2) is 27.5 Å². The molecule has 2 aliphatic rings. The topological polar surface area (TPSA) is 86.1 Å². The highest BCUT2D eigenvalue weighted by atomic mass is 16.5. The van der Waals surface area contributed by atoms with Crippen molar-refractivity contribution in [2.24, 2.45) is 0 Å². The van der Waals surface area contributed by atoms with Crippen molar-refractivity contribution in [3.05, 3.63) is 83.0 Å². The number of amides is 1. The minimum Gasteiger partial charge on any atom is -0.450 e. The molecular formula is C22H18N4O3. The van der Waals surface area contributed by atoms with E-state index in [2.05, 4.69) is 15.4 Å². The fourth-order valence-corrected chi connectivity index (χ4v) is 2.95. The maximum Gasteiger partial charge on any atom is 0.411 e. The van der Waals surface area contributed by atoms with Crippen molar-refractivity contribution >= 4 is 11.8 Å². The Labute approximate surface area is 167 Å². The van der Waals surface area contributed by atoms with Gasteiger partial charge in [-0.15, -0.1) is 5.10 Å². The van der Waals surface area contributed by atoms with E-state index in [0.29, 0.717) is 17.2 Å². The van der Waals surface area contributed by atoms with Crippen LogP contribution in [0.1, 0.15) is 6.92 Å². The van der Waals surface area contributed by atoms with Gasteiger partial charge < -0.3 is 4.74 Å². The van der Waals surface area contributed by atoms with Gasteiger partial charge in [-0.05, 0) is 25.1 Å². The summed E-state index contributed by atoms with van der Waals surface area (Å²) in [6.45, 7) is 1.90. The van der Waals surface area contributed by atoms with Gasteiger partial charge in [0.25, 0.3) is 0 Å². The van der Waals surface area contributed by atoms with Crippen molar-refractivity contribution in [1.82, 2.24) is 14.8 Å². The molecule has 7 heteroatoms. The first-order chi connectivity index (χ1) is 14.2. The lowest BCUT2D eigenvalue weighted by Gasteiger charge is -2.16. The first-order valence-electron chi connectivity index (χ1n) is 9.15. The molecule has 7 nitrogen and oxygen atoms in total. The molecule has 0 radical (unpaired) electrons. The van der Waals surface area contributed by atoms with Crippen LogP contribution in [0.3, 0.4) is 0 Å². The third-order valence-corrected chi connectivity index (χ3v) is 4.27. The van der Waals surface area contributed by atoms with Gasteiger partial charge in [-0.25, -0.2) is 14.5 Å². The Hall–Kier alpha value is -4.00. The molecule has 1 aliphatic carbocycles. The number of aromatic nitrogens is 3. The number of hydrogen-bond acceptors (Lipinski definition) is 5. The minimum absolute atomic E-state index is 0.105. The van der Waals surface area contributed by atoms with Gasteiger partial charge in [0.05, 0.1) is 29.4 Å². The molecule has 4 rings (SSSR count). The van der Waals surface area contributed by atoms with E-state index in [4.69, 9.17) is 4.74 Å². The summed E-state index contributed by atoms with van der Waals surface area (Å²) in [7, 11) is 0. The molecule has 0 bridgehead atoms. The molecule has 0 unspecified atom stereocenters. The molecule has 0 aromatic heterocycles. The molecule has 0 fully saturated rings. The summed E-state index contributed by atoms with van der Waals surface area (Å²) in [5, 5.41) is 7.14. The van der Waals surface area contributed by atoms with Gasteiger partial charge in [0, 0.05) is 11.6 Å². The number of nitrogens with zero attached hydrogens (tertiary/aromatic N) is 3. The summed E-state index contributed by atoms with van der Waals surface area (Å²) < 4.78 is 6.55. The number of nitrogens with one attached hydrogen (secondary N) is 1.